The van der Waals surface area contributed by atoms with Gasteiger partial charge in [0.05, 0.1) is 25.4 Å². The molecule has 0 fully saturated rings. The molecule has 0 aromatic rings. The number of carbonyl (C=O) groups is 2. The van der Waals surface area contributed by atoms with Crippen molar-refractivity contribution in [1.82, 2.24) is 5.32 Å². The second kappa shape index (κ2) is 54.2. The third-order valence-electron chi connectivity index (χ3n) is 13.6. The van der Waals surface area contributed by atoms with E-state index in [4.69, 9.17) is 4.74 Å². The van der Waals surface area contributed by atoms with Crippen LogP contribution in [0.25, 0.3) is 0 Å². The Labute approximate surface area is 399 Å². The molecule has 0 aliphatic heterocycles. The highest BCUT2D eigenvalue weighted by atomic mass is 16.5. The Bertz CT molecular complexity index is 955. The van der Waals surface area contributed by atoms with E-state index in [1.807, 2.05) is 0 Å². The summed E-state index contributed by atoms with van der Waals surface area (Å²) in [5.41, 5.74) is 0. The van der Waals surface area contributed by atoms with E-state index < -0.39 is 12.1 Å². The van der Waals surface area contributed by atoms with Gasteiger partial charge in [-0.25, -0.2) is 0 Å². The summed E-state index contributed by atoms with van der Waals surface area (Å²) in [4.78, 5) is 24.5. The second-order valence-corrected chi connectivity index (χ2v) is 20.0. The van der Waals surface area contributed by atoms with E-state index in [1.54, 1.807) is 0 Å². The molecule has 2 atom stereocenters. The van der Waals surface area contributed by atoms with Crippen molar-refractivity contribution in [2.75, 3.05) is 13.2 Å². The van der Waals surface area contributed by atoms with Crippen LogP contribution < -0.4 is 5.32 Å². The van der Waals surface area contributed by atoms with Crippen LogP contribution in [0.5, 0.6) is 0 Å². The van der Waals surface area contributed by atoms with Gasteiger partial charge in [-0.05, 0) is 44.9 Å². The van der Waals surface area contributed by atoms with Gasteiger partial charge in [0.15, 0.2) is 0 Å². The zero-order chi connectivity index (χ0) is 46.5. The molecule has 0 radical (unpaired) electrons. The van der Waals surface area contributed by atoms with E-state index in [0.29, 0.717) is 25.9 Å². The van der Waals surface area contributed by atoms with Crippen LogP contribution in [0.15, 0.2) is 12.2 Å². The molecule has 0 heterocycles. The van der Waals surface area contributed by atoms with E-state index in [0.717, 1.165) is 44.9 Å². The Kier molecular flexibility index (Phi) is 53.0. The molecule has 3 N–H and O–H groups in total. The first-order valence-electron chi connectivity index (χ1n) is 28.9. The quantitative estimate of drug-likeness (QED) is 0.0321. The lowest BCUT2D eigenvalue weighted by Crippen LogP contribution is -2.45. The number of nitrogens with one attached hydrogen (secondary N) is 1. The monoisotopic (exact) mass is 904 g/mol. The van der Waals surface area contributed by atoms with Gasteiger partial charge in [0.25, 0.3) is 0 Å². The fourth-order valence-corrected chi connectivity index (χ4v) is 9.09. The predicted octanol–water partition coefficient (Wildman–Crippen LogP) is 17.7. The Morgan fingerprint density at radius 2 is 0.750 bits per heavy atom. The number of carbonyl (C=O) groups excluding carboxylic acids is 2. The van der Waals surface area contributed by atoms with E-state index in [1.165, 1.54) is 244 Å². The van der Waals surface area contributed by atoms with Crippen molar-refractivity contribution in [2.24, 2.45) is 0 Å². The van der Waals surface area contributed by atoms with Crippen molar-refractivity contribution >= 4 is 11.9 Å². The molecule has 64 heavy (non-hydrogen) atoms. The largest absolute Gasteiger partial charge is 0.466 e. The minimum Gasteiger partial charge on any atom is -0.466 e. The molecule has 0 saturated heterocycles. The van der Waals surface area contributed by atoms with E-state index in [2.05, 4.69) is 31.3 Å². The standard InChI is InChI=1S/C58H113NO5/c1-3-5-7-9-11-13-15-16-17-18-19-21-24-27-31-34-38-42-46-50-56(61)55(54-60)59-57(62)51-47-43-39-35-32-28-25-22-20-23-26-29-33-37-41-45-49-53-64-58(63)52-48-44-40-36-30-14-12-10-8-6-4-2/h10,12,55-56,60-61H,3-9,11,13-54H2,1-2H3,(H,59,62)/b12-10-. The third kappa shape index (κ3) is 50.0. The molecule has 0 aromatic heterocycles. The van der Waals surface area contributed by atoms with Gasteiger partial charge in [0.1, 0.15) is 0 Å². The number of amides is 1. The zero-order valence-electron chi connectivity index (χ0n) is 43.3. The average molecular weight is 905 g/mol. The molecule has 0 aliphatic carbocycles. The first-order valence-corrected chi connectivity index (χ1v) is 28.9. The van der Waals surface area contributed by atoms with Crippen LogP contribution in [0.3, 0.4) is 0 Å². The molecule has 0 aromatic carbocycles. The zero-order valence-corrected chi connectivity index (χ0v) is 43.3. The Balaban J connectivity index is 3.42. The number of aliphatic hydroxyl groups is 2. The lowest BCUT2D eigenvalue weighted by Gasteiger charge is -2.22. The SMILES string of the molecule is CCCC/C=C\CCCCCCCC(=O)OCCCCCCCCCCCCCCCCCCCC(=O)NC(CO)C(O)CCCCCCCCCCCCCCCCCCCCC. The topological polar surface area (TPSA) is 95.9 Å². The molecule has 6 nitrogen and oxygen atoms in total. The van der Waals surface area contributed by atoms with Gasteiger partial charge in [-0.2, -0.15) is 0 Å². The summed E-state index contributed by atoms with van der Waals surface area (Å²) in [7, 11) is 0. The van der Waals surface area contributed by atoms with Gasteiger partial charge in [0, 0.05) is 12.8 Å². The van der Waals surface area contributed by atoms with Gasteiger partial charge in [0.2, 0.25) is 5.91 Å². The third-order valence-corrected chi connectivity index (χ3v) is 13.6. The van der Waals surface area contributed by atoms with Gasteiger partial charge < -0.3 is 20.3 Å². The number of hydrogen-bond donors (Lipinski definition) is 3. The molecular formula is C58H113NO5. The second-order valence-electron chi connectivity index (χ2n) is 20.0. The number of ether oxygens (including phenoxy) is 1. The van der Waals surface area contributed by atoms with E-state index in [9.17, 15) is 19.8 Å². The first kappa shape index (κ1) is 62.6. The van der Waals surface area contributed by atoms with Crippen LogP contribution in [0, 0.1) is 0 Å². The normalized spacial score (nSPS) is 12.6. The van der Waals surface area contributed by atoms with Crippen LogP contribution in [-0.2, 0) is 14.3 Å². The fraction of sp³-hybridized carbons (Fsp3) is 0.931. The average Bonchev–Trinajstić information content (AvgIpc) is 3.29. The Morgan fingerprint density at radius 1 is 0.422 bits per heavy atom. The van der Waals surface area contributed by atoms with E-state index >= 15 is 0 Å². The molecular weight excluding hydrogens is 791 g/mol. The van der Waals surface area contributed by atoms with Crippen molar-refractivity contribution < 1.29 is 24.5 Å². The van der Waals surface area contributed by atoms with Crippen molar-refractivity contribution in [3.05, 3.63) is 12.2 Å². The number of allylic oxidation sites excluding steroid dienone is 2. The first-order chi connectivity index (χ1) is 31.5. The van der Waals surface area contributed by atoms with Crippen LogP contribution in [0.4, 0.5) is 0 Å². The van der Waals surface area contributed by atoms with Crippen molar-refractivity contribution in [2.45, 2.75) is 334 Å². The highest BCUT2D eigenvalue weighted by Gasteiger charge is 2.20. The summed E-state index contributed by atoms with van der Waals surface area (Å²) >= 11 is 0. The van der Waals surface area contributed by atoms with Gasteiger partial charge >= 0.3 is 5.97 Å². The summed E-state index contributed by atoms with van der Waals surface area (Å²) in [5, 5.41) is 23.3. The number of rotatable bonds is 54. The molecule has 0 spiro atoms. The molecule has 6 heteroatoms. The number of hydrogen-bond acceptors (Lipinski definition) is 5. The number of esters is 1. The van der Waals surface area contributed by atoms with E-state index in [-0.39, 0.29) is 18.5 Å². The Morgan fingerprint density at radius 3 is 1.16 bits per heavy atom. The molecule has 0 bridgehead atoms. The summed E-state index contributed by atoms with van der Waals surface area (Å²) in [6.07, 6.45) is 63.4. The van der Waals surface area contributed by atoms with Crippen molar-refractivity contribution in [3.8, 4) is 0 Å². The molecule has 380 valence electrons. The summed E-state index contributed by atoms with van der Waals surface area (Å²) in [6.45, 7) is 4.92. The highest BCUT2D eigenvalue weighted by molar-refractivity contribution is 5.76. The maximum absolute atomic E-state index is 12.5. The van der Waals surface area contributed by atoms with Gasteiger partial charge in [-0.3, -0.25) is 9.59 Å². The molecule has 0 aliphatic rings. The molecule has 0 rings (SSSR count). The lowest BCUT2D eigenvalue weighted by atomic mass is 10.0. The smallest absolute Gasteiger partial charge is 0.305 e. The molecule has 0 saturated carbocycles. The summed E-state index contributed by atoms with van der Waals surface area (Å²) in [5.74, 6) is -0.0425. The highest BCUT2D eigenvalue weighted by Crippen LogP contribution is 2.18. The maximum atomic E-state index is 12.5. The van der Waals surface area contributed by atoms with Crippen LogP contribution >= 0.6 is 0 Å². The predicted molar refractivity (Wildman–Crippen MR) is 278 cm³/mol. The minimum atomic E-state index is -0.668. The maximum Gasteiger partial charge on any atom is 0.305 e. The van der Waals surface area contributed by atoms with Crippen molar-refractivity contribution in [1.29, 1.82) is 0 Å². The fourth-order valence-electron chi connectivity index (χ4n) is 9.09. The van der Waals surface area contributed by atoms with Gasteiger partial charge in [-0.1, -0.05) is 276 Å². The van der Waals surface area contributed by atoms with Crippen LogP contribution in [0.1, 0.15) is 322 Å². The van der Waals surface area contributed by atoms with Crippen LogP contribution in [-0.4, -0.2) is 47.4 Å². The number of aliphatic hydroxyl groups excluding tert-OH is 2. The summed E-state index contributed by atoms with van der Waals surface area (Å²) in [6, 6.07) is -0.545. The molecule has 2 unspecified atom stereocenters. The van der Waals surface area contributed by atoms with Crippen LogP contribution in [0.2, 0.25) is 0 Å². The van der Waals surface area contributed by atoms with Crippen molar-refractivity contribution in [3.63, 3.8) is 0 Å². The number of unbranched alkanes of at least 4 members (excludes halogenated alkanes) is 41. The summed E-state index contributed by atoms with van der Waals surface area (Å²) < 4.78 is 5.45. The minimum absolute atomic E-state index is 0.00504. The van der Waals surface area contributed by atoms with Gasteiger partial charge in [-0.15, -0.1) is 0 Å². The lowest BCUT2D eigenvalue weighted by molar-refractivity contribution is -0.143. The molecule has 1 amide bonds. The Hall–Kier alpha value is -1.40.